The van der Waals surface area contributed by atoms with Gasteiger partial charge in [-0.15, -0.1) is 0 Å². The van der Waals surface area contributed by atoms with Crippen molar-refractivity contribution in [3.05, 3.63) is 12.2 Å². The Balaban J connectivity index is 4.00. The van der Waals surface area contributed by atoms with Gasteiger partial charge in [0.05, 0.1) is 0 Å². The van der Waals surface area contributed by atoms with Crippen molar-refractivity contribution in [2.45, 2.75) is 329 Å². The molecule has 0 bridgehead atoms. The molecule has 0 fully saturated rings. The molecule has 0 aliphatic heterocycles. The Labute approximate surface area is 399 Å². The van der Waals surface area contributed by atoms with Gasteiger partial charge in [-0.05, 0) is 44.9 Å². The number of hydrogen-bond acceptors (Lipinski definition) is 6. The summed E-state index contributed by atoms with van der Waals surface area (Å²) in [6.45, 7) is 6.60. The average molecular weight is 904 g/mol. The molecule has 0 aromatic carbocycles. The molecule has 6 nitrogen and oxygen atoms in total. The van der Waals surface area contributed by atoms with E-state index in [0.29, 0.717) is 19.3 Å². The summed E-state index contributed by atoms with van der Waals surface area (Å²) >= 11 is 0. The number of carbonyl (C=O) groups is 3. The van der Waals surface area contributed by atoms with E-state index in [1.54, 1.807) is 0 Å². The third-order valence-corrected chi connectivity index (χ3v) is 13.0. The Morgan fingerprint density at radius 1 is 0.297 bits per heavy atom. The molecule has 0 saturated carbocycles. The number of ether oxygens (including phenoxy) is 3. The highest BCUT2D eigenvalue weighted by atomic mass is 16.6. The maximum atomic E-state index is 12.7. The standard InChI is InChI=1S/C58H110O6/c1-4-7-10-13-15-17-19-21-23-25-26-27-28-29-30-31-32-33-35-36-38-40-42-45-48-51-57(60)63-54-55(53-62-56(59)50-47-44-12-9-6-3)64-58(61)52-49-46-43-41-39-37-34-24-22-20-18-16-14-11-8-5-2/h24,34,55H,4-23,25-33,35-54H2,1-3H3/b34-24-. The zero-order valence-electron chi connectivity index (χ0n) is 43.3. The van der Waals surface area contributed by atoms with Gasteiger partial charge in [0.2, 0.25) is 0 Å². The number of rotatable bonds is 53. The summed E-state index contributed by atoms with van der Waals surface area (Å²) in [4.78, 5) is 37.7. The fourth-order valence-electron chi connectivity index (χ4n) is 8.68. The van der Waals surface area contributed by atoms with Crippen LogP contribution in [0.15, 0.2) is 12.2 Å². The highest BCUT2D eigenvalue weighted by Crippen LogP contribution is 2.17. The third-order valence-electron chi connectivity index (χ3n) is 13.0. The summed E-state index contributed by atoms with van der Waals surface area (Å²) in [5.74, 6) is -0.873. The summed E-state index contributed by atoms with van der Waals surface area (Å²) in [6.07, 6.45) is 61.2. The fraction of sp³-hybridized carbons (Fsp3) is 0.914. The lowest BCUT2D eigenvalue weighted by molar-refractivity contribution is -0.167. The first-order valence-corrected chi connectivity index (χ1v) is 28.7. The Morgan fingerprint density at radius 3 is 0.781 bits per heavy atom. The highest BCUT2D eigenvalue weighted by Gasteiger charge is 2.19. The molecule has 0 amide bonds. The average Bonchev–Trinajstić information content (AvgIpc) is 3.29. The summed E-state index contributed by atoms with van der Waals surface area (Å²) in [7, 11) is 0. The number of esters is 3. The van der Waals surface area contributed by atoms with Crippen molar-refractivity contribution in [2.24, 2.45) is 0 Å². The van der Waals surface area contributed by atoms with Gasteiger partial charge in [-0.2, -0.15) is 0 Å². The molecule has 0 aliphatic rings. The monoisotopic (exact) mass is 903 g/mol. The molecule has 1 atom stereocenters. The van der Waals surface area contributed by atoms with E-state index in [0.717, 1.165) is 70.6 Å². The first kappa shape index (κ1) is 62.1. The van der Waals surface area contributed by atoms with Gasteiger partial charge < -0.3 is 14.2 Å². The molecule has 0 spiro atoms. The largest absolute Gasteiger partial charge is 0.462 e. The Bertz CT molecular complexity index is 993. The van der Waals surface area contributed by atoms with Crippen LogP contribution >= 0.6 is 0 Å². The lowest BCUT2D eigenvalue weighted by Gasteiger charge is -2.18. The molecule has 0 rings (SSSR count). The van der Waals surface area contributed by atoms with Crippen molar-refractivity contribution in [3.63, 3.8) is 0 Å². The summed E-state index contributed by atoms with van der Waals surface area (Å²) in [6, 6.07) is 0. The molecular formula is C58H110O6. The molecule has 0 aliphatic carbocycles. The van der Waals surface area contributed by atoms with Crippen molar-refractivity contribution >= 4 is 17.9 Å². The van der Waals surface area contributed by atoms with Gasteiger partial charge in [0.15, 0.2) is 6.10 Å². The van der Waals surface area contributed by atoms with Gasteiger partial charge in [0.25, 0.3) is 0 Å². The summed E-state index contributed by atoms with van der Waals surface area (Å²) in [5, 5.41) is 0. The van der Waals surface area contributed by atoms with Crippen molar-refractivity contribution in [3.8, 4) is 0 Å². The van der Waals surface area contributed by atoms with Crippen LogP contribution in [0.2, 0.25) is 0 Å². The van der Waals surface area contributed by atoms with Crippen LogP contribution in [0.3, 0.4) is 0 Å². The van der Waals surface area contributed by atoms with Crippen LogP contribution in [0, 0.1) is 0 Å². The minimum Gasteiger partial charge on any atom is -0.462 e. The number of hydrogen-bond donors (Lipinski definition) is 0. The van der Waals surface area contributed by atoms with E-state index in [1.807, 2.05) is 0 Å². The lowest BCUT2D eigenvalue weighted by Crippen LogP contribution is -2.30. The second-order valence-corrected chi connectivity index (χ2v) is 19.6. The molecule has 378 valence electrons. The van der Waals surface area contributed by atoms with Gasteiger partial charge in [-0.25, -0.2) is 0 Å². The molecule has 0 N–H and O–H groups in total. The lowest BCUT2D eigenvalue weighted by atomic mass is 10.0. The van der Waals surface area contributed by atoms with Crippen molar-refractivity contribution in [1.29, 1.82) is 0 Å². The van der Waals surface area contributed by atoms with Crippen molar-refractivity contribution < 1.29 is 28.6 Å². The molecule has 0 radical (unpaired) electrons. The van der Waals surface area contributed by atoms with E-state index < -0.39 is 6.10 Å². The van der Waals surface area contributed by atoms with E-state index in [9.17, 15) is 14.4 Å². The van der Waals surface area contributed by atoms with E-state index in [1.165, 1.54) is 212 Å². The van der Waals surface area contributed by atoms with Crippen molar-refractivity contribution in [1.82, 2.24) is 0 Å². The van der Waals surface area contributed by atoms with E-state index in [4.69, 9.17) is 14.2 Å². The zero-order valence-corrected chi connectivity index (χ0v) is 43.3. The summed E-state index contributed by atoms with van der Waals surface area (Å²) < 4.78 is 16.7. The summed E-state index contributed by atoms with van der Waals surface area (Å²) in [5.41, 5.74) is 0. The predicted molar refractivity (Wildman–Crippen MR) is 275 cm³/mol. The third kappa shape index (κ3) is 51.1. The second kappa shape index (κ2) is 53.8. The van der Waals surface area contributed by atoms with Gasteiger partial charge in [0.1, 0.15) is 13.2 Å². The van der Waals surface area contributed by atoms with Gasteiger partial charge in [0, 0.05) is 19.3 Å². The van der Waals surface area contributed by atoms with Crippen LogP contribution < -0.4 is 0 Å². The van der Waals surface area contributed by atoms with Crippen LogP contribution in [0.1, 0.15) is 323 Å². The molecule has 0 aromatic heterocycles. The van der Waals surface area contributed by atoms with Crippen molar-refractivity contribution in [2.75, 3.05) is 13.2 Å². The van der Waals surface area contributed by atoms with E-state index in [2.05, 4.69) is 32.9 Å². The molecule has 64 heavy (non-hydrogen) atoms. The minimum absolute atomic E-state index is 0.0692. The predicted octanol–water partition coefficient (Wildman–Crippen LogP) is 18.9. The normalized spacial score (nSPS) is 12.0. The van der Waals surface area contributed by atoms with Crippen LogP contribution in [0.4, 0.5) is 0 Å². The fourth-order valence-corrected chi connectivity index (χ4v) is 8.68. The quantitative estimate of drug-likeness (QED) is 0.0262. The van der Waals surface area contributed by atoms with Crippen LogP contribution in [0.5, 0.6) is 0 Å². The van der Waals surface area contributed by atoms with Gasteiger partial charge in [-0.1, -0.05) is 270 Å². The molecule has 6 heteroatoms. The maximum absolute atomic E-state index is 12.7. The second-order valence-electron chi connectivity index (χ2n) is 19.6. The van der Waals surface area contributed by atoms with Crippen LogP contribution in [0.25, 0.3) is 0 Å². The first-order valence-electron chi connectivity index (χ1n) is 28.7. The first-order chi connectivity index (χ1) is 31.5. The van der Waals surface area contributed by atoms with Gasteiger partial charge >= 0.3 is 17.9 Å². The van der Waals surface area contributed by atoms with Gasteiger partial charge in [-0.3, -0.25) is 14.4 Å². The van der Waals surface area contributed by atoms with Crippen LogP contribution in [-0.2, 0) is 28.6 Å². The number of carbonyl (C=O) groups excluding carboxylic acids is 3. The highest BCUT2D eigenvalue weighted by molar-refractivity contribution is 5.71. The molecule has 0 heterocycles. The maximum Gasteiger partial charge on any atom is 0.306 e. The van der Waals surface area contributed by atoms with E-state index >= 15 is 0 Å². The number of allylic oxidation sites excluding steroid dienone is 2. The molecule has 1 unspecified atom stereocenters. The zero-order chi connectivity index (χ0) is 46.5. The van der Waals surface area contributed by atoms with E-state index in [-0.39, 0.29) is 31.1 Å². The molecular weight excluding hydrogens is 793 g/mol. The molecule has 0 saturated heterocycles. The SMILES string of the molecule is CCCCCCCCC/C=C\CCCCCCCC(=O)OC(COC(=O)CCCCCCC)COC(=O)CCCCCCCCCCCCCCCCCCCCCCCCCCC. The number of unbranched alkanes of at least 4 members (excludes halogenated alkanes) is 40. The smallest absolute Gasteiger partial charge is 0.306 e. The topological polar surface area (TPSA) is 78.9 Å². The Kier molecular flexibility index (Phi) is 52.2. The minimum atomic E-state index is -0.766. The van der Waals surface area contributed by atoms with Crippen LogP contribution in [-0.4, -0.2) is 37.2 Å². The Morgan fingerprint density at radius 2 is 0.516 bits per heavy atom. The molecule has 0 aromatic rings. The Hall–Kier alpha value is -1.85.